The van der Waals surface area contributed by atoms with Gasteiger partial charge < -0.3 is 0 Å². The second kappa shape index (κ2) is 6.74. The summed E-state index contributed by atoms with van der Waals surface area (Å²) in [5.41, 5.74) is 0. The van der Waals surface area contributed by atoms with Gasteiger partial charge in [0, 0.05) is 0 Å². The van der Waals surface area contributed by atoms with Gasteiger partial charge in [-0.2, -0.15) is 0 Å². The molecule has 52 valence electrons. The standard InChI is InChI=1S/C3H9Si.2ClH.Hf.H2N/c1-4(2)3;;;;/h1-3H3;2*1H;;1H2/q;;;+1;-1. The largest absolute Gasteiger partial charge is 0.147 e. The van der Waals surface area contributed by atoms with Crippen molar-refractivity contribution < 1.29 is 22.4 Å². The van der Waals surface area contributed by atoms with Gasteiger partial charge in [0.05, 0.1) is 0 Å². The van der Waals surface area contributed by atoms with E-state index in [9.17, 15) is 0 Å². The van der Waals surface area contributed by atoms with Crippen LogP contribution in [0.5, 0.6) is 0 Å². The third-order valence-electron chi connectivity index (χ3n) is 0.433. The molecule has 0 aromatic heterocycles. The normalized spacial score (nSPS) is 8.50. The fraction of sp³-hybridized carbons (Fsp3) is 1.00. The van der Waals surface area contributed by atoms with Crippen LogP contribution in [-0.2, 0) is 22.4 Å². The molecule has 0 heterocycles. The van der Waals surface area contributed by atoms with Gasteiger partial charge in [0.25, 0.3) is 0 Å². The number of hydrogen-bond donors (Lipinski definition) is 1. The molecule has 0 saturated heterocycles. The minimum atomic E-state index is -0.659. The smallest absolute Gasteiger partial charge is 0.147 e. The van der Waals surface area contributed by atoms with Crippen LogP contribution in [0.1, 0.15) is 0 Å². The van der Waals surface area contributed by atoms with Crippen LogP contribution in [0.4, 0.5) is 0 Å². The number of rotatable bonds is 1. The molecule has 0 aliphatic heterocycles. The van der Waals surface area contributed by atoms with Crippen molar-refractivity contribution in [3.05, 3.63) is 0 Å². The Bertz CT molecular complexity index is 47.0. The van der Waals surface area contributed by atoms with E-state index in [-0.39, 0.29) is 24.8 Å². The fourth-order valence-electron chi connectivity index (χ4n) is 0. The zero-order valence-electron chi connectivity index (χ0n) is 5.39. The van der Waals surface area contributed by atoms with Crippen molar-refractivity contribution in [3.8, 4) is 0 Å². The minimum Gasteiger partial charge on any atom is -0.147 e. The summed E-state index contributed by atoms with van der Waals surface area (Å²) >= 11 is -0.516. The molecule has 0 saturated carbocycles. The first-order valence-corrected chi connectivity index (χ1v) is 13.0. The van der Waals surface area contributed by atoms with Crippen molar-refractivity contribution >= 4 is 30.1 Å². The van der Waals surface area contributed by atoms with Crippen molar-refractivity contribution in [1.29, 1.82) is 0 Å². The third-order valence-corrected chi connectivity index (χ3v) is 10.6. The summed E-state index contributed by atoms with van der Waals surface area (Å²) in [7, 11) is 0. The maximum Gasteiger partial charge on any atom is -0.147 e. The first-order valence-electron chi connectivity index (χ1n) is 2.04. The summed E-state index contributed by atoms with van der Waals surface area (Å²) in [6, 6.07) is 0. The average Bonchev–Trinajstić information content (AvgIpc) is 1.35. The summed E-state index contributed by atoms with van der Waals surface area (Å²) in [5, 5.41) is -0.659. The first-order chi connectivity index (χ1) is 2.56. The number of nitrogens with two attached hydrogens (primary N) is 1. The van der Waals surface area contributed by atoms with Crippen LogP contribution in [0.25, 0.3) is 0 Å². The van der Waals surface area contributed by atoms with E-state index in [2.05, 4.69) is 19.6 Å². The van der Waals surface area contributed by atoms with Gasteiger partial charge in [0.1, 0.15) is 0 Å². The average molecular weight is 341 g/mol. The summed E-state index contributed by atoms with van der Waals surface area (Å²) in [6.07, 6.45) is 0. The van der Waals surface area contributed by atoms with Crippen LogP contribution in [0.2, 0.25) is 19.6 Å². The molecule has 0 atom stereocenters. The Morgan fingerprint density at radius 2 is 1.25 bits per heavy atom. The molecule has 0 amide bonds. The van der Waals surface area contributed by atoms with Crippen LogP contribution >= 0.6 is 24.8 Å². The van der Waals surface area contributed by atoms with Crippen molar-refractivity contribution in [2.24, 2.45) is 3.72 Å². The Morgan fingerprint density at radius 1 is 1.12 bits per heavy atom. The fourth-order valence-corrected chi connectivity index (χ4v) is 0. The Kier molecular flexibility index (Phi) is 13.8. The van der Waals surface area contributed by atoms with E-state index in [1.54, 1.807) is 0 Å². The maximum absolute atomic E-state index is 5.56. The zero-order chi connectivity index (χ0) is 5.21. The van der Waals surface area contributed by atoms with Crippen molar-refractivity contribution in [3.63, 3.8) is 0 Å². The first kappa shape index (κ1) is 16.3. The molecule has 0 aliphatic rings. The monoisotopic (exact) mass is 341 g/mol. The topological polar surface area (TPSA) is 26.0 Å². The van der Waals surface area contributed by atoms with Gasteiger partial charge in [-0.05, 0) is 0 Å². The predicted octanol–water partition coefficient (Wildman–Crippen LogP) is 1.62. The molecule has 8 heavy (non-hydrogen) atoms. The van der Waals surface area contributed by atoms with Gasteiger partial charge in [-0.1, -0.05) is 0 Å². The molecule has 1 nitrogen and oxygen atoms in total. The minimum absolute atomic E-state index is 0. The van der Waals surface area contributed by atoms with Gasteiger partial charge in [0.2, 0.25) is 0 Å². The molecule has 0 aromatic rings. The SMILES string of the molecule is C[Si](C)(C)[Hf][NH2].Cl.Cl. The molecule has 0 rings (SSSR count). The molecule has 0 spiro atoms. The second-order valence-corrected chi connectivity index (χ2v) is 26.5. The third kappa shape index (κ3) is 15.6. The molecular formula is C3H13Cl2HfNSi. The van der Waals surface area contributed by atoms with E-state index >= 15 is 0 Å². The van der Waals surface area contributed by atoms with E-state index in [1.165, 1.54) is 0 Å². The van der Waals surface area contributed by atoms with Crippen molar-refractivity contribution in [1.82, 2.24) is 0 Å². The van der Waals surface area contributed by atoms with Gasteiger partial charge in [0.15, 0.2) is 0 Å². The molecule has 2 N–H and O–H groups in total. The molecule has 0 fully saturated rings. The van der Waals surface area contributed by atoms with Crippen LogP contribution in [-0.4, -0.2) is 5.26 Å². The van der Waals surface area contributed by atoms with Crippen LogP contribution < -0.4 is 3.72 Å². The molecule has 0 bridgehead atoms. The van der Waals surface area contributed by atoms with Crippen LogP contribution in [0.15, 0.2) is 0 Å². The van der Waals surface area contributed by atoms with Crippen molar-refractivity contribution in [2.75, 3.05) is 0 Å². The Labute approximate surface area is 75.3 Å². The molecule has 0 radical (unpaired) electrons. The van der Waals surface area contributed by atoms with E-state index in [0.717, 1.165) is 0 Å². The quantitative estimate of drug-likeness (QED) is 0.721. The molecule has 0 aliphatic carbocycles. The molecule has 5 heteroatoms. The second-order valence-electron chi connectivity index (χ2n) is 2.39. The van der Waals surface area contributed by atoms with E-state index < -0.39 is 27.6 Å². The maximum atomic E-state index is 5.56. The number of hydrogen-bond acceptors (Lipinski definition) is 1. The van der Waals surface area contributed by atoms with Gasteiger partial charge >= 0.3 is 51.0 Å². The van der Waals surface area contributed by atoms with Gasteiger partial charge in [-0.15, -0.1) is 24.8 Å². The Hall–Kier alpha value is 1.63. The molecule has 0 aromatic carbocycles. The van der Waals surface area contributed by atoms with E-state index in [1.807, 2.05) is 0 Å². The Morgan fingerprint density at radius 3 is 1.25 bits per heavy atom. The predicted molar refractivity (Wildman–Crippen MR) is 42.0 cm³/mol. The van der Waals surface area contributed by atoms with Gasteiger partial charge in [-0.25, -0.2) is 0 Å². The van der Waals surface area contributed by atoms with Gasteiger partial charge in [-0.3, -0.25) is 0 Å². The van der Waals surface area contributed by atoms with Crippen LogP contribution in [0.3, 0.4) is 0 Å². The summed E-state index contributed by atoms with van der Waals surface area (Å²) < 4.78 is 5.56. The molecule has 0 unspecified atom stereocenters. The van der Waals surface area contributed by atoms with E-state index in [4.69, 9.17) is 3.72 Å². The zero-order valence-corrected chi connectivity index (χ0v) is 11.6. The summed E-state index contributed by atoms with van der Waals surface area (Å²) in [6.45, 7) is 7.03. The Balaban J connectivity index is -0.000000125. The number of halogens is 2. The summed E-state index contributed by atoms with van der Waals surface area (Å²) in [5.74, 6) is 0. The summed E-state index contributed by atoms with van der Waals surface area (Å²) in [4.78, 5) is 0. The van der Waals surface area contributed by atoms with Crippen LogP contribution in [0, 0.1) is 0 Å². The molecular weight excluding hydrogens is 328 g/mol. The van der Waals surface area contributed by atoms with Crippen molar-refractivity contribution in [2.45, 2.75) is 19.6 Å². The van der Waals surface area contributed by atoms with E-state index in [0.29, 0.717) is 0 Å².